The maximum atomic E-state index is 5.76. The summed E-state index contributed by atoms with van der Waals surface area (Å²) >= 11 is 0. The van der Waals surface area contributed by atoms with Crippen molar-refractivity contribution in [3.05, 3.63) is 35.9 Å². The van der Waals surface area contributed by atoms with E-state index in [-0.39, 0.29) is 0 Å². The van der Waals surface area contributed by atoms with Gasteiger partial charge in [0.2, 0.25) is 0 Å². The number of nitrogens with zero attached hydrogens (tertiary/aromatic N) is 3. The molecule has 0 bridgehead atoms. The van der Waals surface area contributed by atoms with E-state index in [1.165, 1.54) is 30.9 Å². The zero-order valence-electron chi connectivity index (χ0n) is 10.8. The summed E-state index contributed by atoms with van der Waals surface area (Å²) in [5.41, 5.74) is 8.08. The van der Waals surface area contributed by atoms with Crippen LogP contribution in [0, 0.1) is 5.92 Å². The van der Waals surface area contributed by atoms with Crippen molar-refractivity contribution in [2.75, 3.05) is 20.1 Å². The average molecular weight is 244 g/mol. The van der Waals surface area contributed by atoms with E-state index in [1.54, 1.807) is 0 Å². The zero-order chi connectivity index (χ0) is 12.5. The highest BCUT2D eigenvalue weighted by molar-refractivity contribution is 5.54. The Bertz CT molecular complexity index is 546. The molecule has 1 saturated heterocycles. The summed E-state index contributed by atoms with van der Waals surface area (Å²) in [5, 5.41) is 0. The first-order valence-electron chi connectivity index (χ1n) is 6.60. The Morgan fingerprint density at radius 1 is 1.50 bits per heavy atom. The number of fused-ring (bicyclic) bond motifs is 1. The van der Waals surface area contributed by atoms with Crippen molar-refractivity contribution in [2.24, 2.45) is 11.7 Å². The van der Waals surface area contributed by atoms with Crippen molar-refractivity contribution in [3.63, 3.8) is 0 Å². The van der Waals surface area contributed by atoms with Gasteiger partial charge in [0.15, 0.2) is 0 Å². The van der Waals surface area contributed by atoms with Gasteiger partial charge in [0.05, 0.1) is 11.7 Å². The van der Waals surface area contributed by atoms with E-state index < -0.39 is 0 Å². The molecule has 0 radical (unpaired) electrons. The number of imidazole rings is 1. The number of hydrogen-bond donors (Lipinski definition) is 1. The van der Waals surface area contributed by atoms with Crippen LogP contribution in [0.5, 0.6) is 0 Å². The molecular formula is C14H20N4. The van der Waals surface area contributed by atoms with Crippen molar-refractivity contribution in [2.45, 2.75) is 19.4 Å². The van der Waals surface area contributed by atoms with Gasteiger partial charge < -0.3 is 15.0 Å². The third-order valence-electron chi connectivity index (χ3n) is 3.92. The molecule has 1 fully saturated rings. The van der Waals surface area contributed by atoms with E-state index in [4.69, 9.17) is 5.73 Å². The van der Waals surface area contributed by atoms with Crippen molar-refractivity contribution >= 4 is 5.52 Å². The van der Waals surface area contributed by atoms with Gasteiger partial charge in [0.25, 0.3) is 0 Å². The Kier molecular flexibility index (Phi) is 3.06. The van der Waals surface area contributed by atoms with Gasteiger partial charge in [0.1, 0.15) is 5.82 Å². The molecule has 4 heteroatoms. The largest absolute Gasteiger partial charge is 0.326 e. The Morgan fingerprint density at radius 3 is 3.11 bits per heavy atom. The molecule has 3 heterocycles. The van der Waals surface area contributed by atoms with Crippen molar-refractivity contribution in [1.82, 2.24) is 14.3 Å². The van der Waals surface area contributed by atoms with E-state index >= 15 is 0 Å². The number of likely N-dealkylation sites (tertiary alicyclic amines) is 1. The van der Waals surface area contributed by atoms with Crippen LogP contribution >= 0.6 is 0 Å². The second kappa shape index (κ2) is 4.71. The SMILES string of the molecule is CN1CCC(Cc2ncc3c(CN)cccn23)C1. The molecule has 0 saturated carbocycles. The van der Waals surface area contributed by atoms with E-state index in [9.17, 15) is 0 Å². The molecule has 1 aliphatic heterocycles. The minimum atomic E-state index is 0.571. The monoisotopic (exact) mass is 244 g/mol. The molecule has 2 N–H and O–H groups in total. The number of hydrogen-bond acceptors (Lipinski definition) is 3. The maximum absolute atomic E-state index is 5.76. The first kappa shape index (κ1) is 11.7. The predicted molar refractivity (Wildman–Crippen MR) is 72.4 cm³/mol. The van der Waals surface area contributed by atoms with Crippen molar-refractivity contribution < 1.29 is 0 Å². The van der Waals surface area contributed by atoms with Crippen LogP contribution in [0.2, 0.25) is 0 Å². The van der Waals surface area contributed by atoms with E-state index in [0.717, 1.165) is 17.9 Å². The van der Waals surface area contributed by atoms with Gasteiger partial charge in [-0.3, -0.25) is 0 Å². The van der Waals surface area contributed by atoms with Gasteiger partial charge in [0, 0.05) is 25.7 Å². The Morgan fingerprint density at radius 2 is 2.39 bits per heavy atom. The highest BCUT2D eigenvalue weighted by atomic mass is 15.1. The quantitative estimate of drug-likeness (QED) is 0.885. The van der Waals surface area contributed by atoms with Gasteiger partial charge in [-0.15, -0.1) is 0 Å². The summed E-state index contributed by atoms with van der Waals surface area (Å²) in [6, 6.07) is 4.13. The van der Waals surface area contributed by atoms with Crippen molar-refractivity contribution in [3.8, 4) is 0 Å². The summed E-state index contributed by atoms with van der Waals surface area (Å²) in [6.07, 6.45) is 6.39. The lowest BCUT2D eigenvalue weighted by Crippen LogP contribution is -2.15. The second-order valence-corrected chi connectivity index (χ2v) is 5.29. The zero-order valence-corrected chi connectivity index (χ0v) is 10.8. The van der Waals surface area contributed by atoms with Crippen LogP contribution in [0.1, 0.15) is 17.8 Å². The van der Waals surface area contributed by atoms with Crippen LogP contribution in [-0.4, -0.2) is 34.4 Å². The molecule has 2 aromatic rings. The fourth-order valence-electron chi connectivity index (χ4n) is 2.91. The molecule has 1 unspecified atom stereocenters. The molecule has 2 aromatic heterocycles. The lowest BCUT2D eigenvalue weighted by Gasteiger charge is -2.10. The number of aromatic nitrogens is 2. The second-order valence-electron chi connectivity index (χ2n) is 5.29. The molecule has 1 atom stereocenters. The highest BCUT2D eigenvalue weighted by Gasteiger charge is 2.21. The highest BCUT2D eigenvalue weighted by Crippen LogP contribution is 2.20. The molecule has 0 aliphatic carbocycles. The van der Waals surface area contributed by atoms with Crippen LogP contribution < -0.4 is 5.73 Å². The smallest absolute Gasteiger partial charge is 0.113 e. The van der Waals surface area contributed by atoms with E-state index in [2.05, 4.69) is 39.7 Å². The first-order chi connectivity index (χ1) is 8.78. The van der Waals surface area contributed by atoms with Gasteiger partial charge >= 0.3 is 0 Å². The fraction of sp³-hybridized carbons (Fsp3) is 0.500. The van der Waals surface area contributed by atoms with E-state index in [0.29, 0.717) is 6.54 Å². The van der Waals surface area contributed by atoms with Crippen LogP contribution in [0.3, 0.4) is 0 Å². The lowest BCUT2D eigenvalue weighted by molar-refractivity contribution is 0.392. The summed E-state index contributed by atoms with van der Waals surface area (Å²) in [4.78, 5) is 6.98. The average Bonchev–Trinajstić information content (AvgIpc) is 2.97. The summed E-state index contributed by atoms with van der Waals surface area (Å²) in [6.45, 7) is 2.97. The van der Waals surface area contributed by atoms with Gasteiger partial charge in [-0.2, -0.15) is 0 Å². The molecule has 0 amide bonds. The summed E-state index contributed by atoms with van der Waals surface area (Å²) in [5.74, 6) is 1.91. The fourth-order valence-corrected chi connectivity index (χ4v) is 2.91. The van der Waals surface area contributed by atoms with Crippen LogP contribution in [0.25, 0.3) is 5.52 Å². The Balaban J connectivity index is 1.89. The van der Waals surface area contributed by atoms with Gasteiger partial charge in [-0.05, 0) is 37.6 Å². The molecule has 3 rings (SSSR count). The Hall–Kier alpha value is -1.39. The van der Waals surface area contributed by atoms with Crippen LogP contribution in [0.15, 0.2) is 24.5 Å². The third kappa shape index (κ3) is 2.02. The number of nitrogens with two attached hydrogens (primary N) is 1. The molecule has 1 aliphatic rings. The predicted octanol–water partition coefficient (Wildman–Crippen LogP) is 1.29. The molecule has 0 spiro atoms. The van der Waals surface area contributed by atoms with Gasteiger partial charge in [-0.1, -0.05) is 6.07 Å². The summed E-state index contributed by atoms with van der Waals surface area (Å²) < 4.78 is 2.19. The maximum Gasteiger partial charge on any atom is 0.113 e. The number of pyridine rings is 1. The van der Waals surface area contributed by atoms with Crippen LogP contribution in [-0.2, 0) is 13.0 Å². The van der Waals surface area contributed by atoms with Gasteiger partial charge in [-0.25, -0.2) is 4.98 Å². The van der Waals surface area contributed by atoms with Crippen LogP contribution in [0.4, 0.5) is 0 Å². The molecular weight excluding hydrogens is 224 g/mol. The Labute approximate surface area is 107 Å². The van der Waals surface area contributed by atoms with E-state index in [1.807, 2.05) is 6.20 Å². The number of rotatable bonds is 3. The van der Waals surface area contributed by atoms with Crippen molar-refractivity contribution in [1.29, 1.82) is 0 Å². The molecule has 4 nitrogen and oxygen atoms in total. The molecule has 18 heavy (non-hydrogen) atoms. The topological polar surface area (TPSA) is 46.6 Å². The molecule has 0 aromatic carbocycles. The summed E-state index contributed by atoms with van der Waals surface area (Å²) in [7, 11) is 2.19. The third-order valence-corrected chi connectivity index (χ3v) is 3.92. The normalized spacial score (nSPS) is 20.9. The first-order valence-corrected chi connectivity index (χ1v) is 6.60. The minimum Gasteiger partial charge on any atom is -0.326 e. The standard InChI is InChI=1S/C14H20N4/c1-17-6-4-11(10-17)7-14-16-9-13-12(8-15)3-2-5-18(13)14/h2-3,5,9,11H,4,6-8,10,15H2,1H3. The molecule has 96 valence electrons. The minimum absolute atomic E-state index is 0.571. The lowest BCUT2D eigenvalue weighted by atomic mass is 10.0.